The molecule has 0 fully saturated rings. The smallest absolute Gasteiger partial charge is 0.0635 e. The van der Waals surface area contributed by atoms with Crippen LogP contribution in [0.15, 0.2) is 10.7 Å². The predicted molar refractivity (Wildman–Crippen MR) is 77.7 cm³/mol. The van der Waals surface area contributed by atoms with Crippen LogP contribution < -0.4 is 0 Å². The highest BCUT2D eigenvalue weighted by molar-refractivity contribution is 9.10. The summed E-state index contributed by atoms with van der Waals surface area (Å²) in [5.74, 6) is 0. The number of hydrogen-bond acceptors (Lipinski definition) is 3. The topological polar surface area (TPSA) is 41.3 Å². The van der Waals surface area contributed by atoms with Gasteiger partial charge in [-0.2, -0.15) is 5.10 Å². The van der Waals surface area contributed by atoms with Gasteiger partial charge in [0.15, 0.2) is 0 Å². The van der Waals surface area contributed by atoms with Gasteiger partial charge in [0.2, 0.25) is 0 Å². The maximum atomic E-state index is 9.79. The van der Waals surface area contributed by atoms with Gasteiger partial charge in [0.1, 0.15) is 0 Å². The molecule has 0 aliphatic heterocycles. The zero-order valence-corrected chi connectivity index (χ0v) is 13.2. The maximum Gasteiger partial charge on any atom is 0.0635 e. The van der Waals surface area contributed by atoms with Gasteiger partial charge in [-0.25, -0.2) is 0 Å². The third-order valence-electron chi connectivity index (χ3n) is 2.99. The number of halogens is 1. The molecule has 0 saturated heterocycles. The van der Waals surface area contributed by atoms with Crippen molar-refractivity contribution >= 4 is 15.9 Å². The molecule has 4 nitrogen and oxygen atoms in total. The molecule has 0 bridgehead atoms. The Balaban J connectivity index is 2.55. The monoisotopic (exact) mass is 317 g/mol. The molecule has 0 radical (unpaired) electrons. The fourth-order valence-corrected chi connectivity index (χ4v) is 2.40. The Morgan fingerprint density at radius 2 is 2.17 bits per heavy atom. The van der Waals surface area contributed by atoms with Crippen LogP contribution in [0.5, 0.6) is 0 Å². The van der Waals surface area contributed by atoms with E-state index in [1.165, 1.54) is 5.69 Å². The molecule has 1 rings (SSSR count). The molecule has 1 heterocycles. The van der Waals surface area contributed by atoms with Crippen LogP contribution in [0.3, 0.4) is 0 Å². The van der Waals surface area contributed by atoms with Gasteiger partial charge in [0, 0.05) is 6.54 Å². The second-order valence-corrected chi connectivity index (χ2v) is 5.80. The Morgan fingerprint density at radius 1 is 1.44 bits per heavy atom. The molecule has 1 atom stereocenters. The summed E-state index contributed by atoms with van der Waals surface area (Å²) < 4.78 is 3.08. The lowest BCUT2D eigenvalue weighted by Crippen LogP contribution is -2.20. The zero-order valence-electron chi connectivity index (χ0n) is 11.6. The number of nitrogens with zero attached hydrogens (tertiary/aromatic N) is 3. The van der Waals surface area contributed by atoms with Crippen molar-refractivity contribution in [2.75, 3.05) is 20.6 Å². The summed E-state index contributed by atoms with van der Waals surface area (Å²) in [6.45, 7) is 3.96. The average Bonchev–Trinajstić information content (AvgIpc) is 2.65. The third-order valence-corrected chi connectivity index (χ3v) is 3.66. The first-order chi connectivity index (χ1) is 8.54. The number of aliphatic hydroxyl groups is 1. The van der Waals surface area contributed by atoms with E-state index < -0.39 is 0 Å². The number of rotatable bonds is 8. The van der Waals surface area contributed by atoms with E-state index in [9.17, 15) is 5.11 Å². The van der Waals surface area contributed by atoms with Crippen LogP contribution in [0.4, 0.5) is 0 Å². The maximum absolute atomic E-state index is 9.79. The molecule has 0 aliphatic rings. The highest BCUT2D eigenvalue weighted by Crippen LogP contribution is 2.19. The Labute approximate surface area is 118 Å². The van der Waals surface area contributed by atoms with Crippen molar-refractivity contribution in [2.24, 2.45) is 0 Å². The van der Waals surface area contributed by atoms with Crippen molar-refractivity contribution in [2.45, 2.75) is 45.3 Å². The van der Waals surface area contributed by atoms with E-state index in [0.29, 0.717) is 0 Å². The largest absolute Gasteiger partial charge is 0.393 e. The molecule has 0 amide bonds. The van der Waals surface area contributed by atoms with Crippen LogP contribution in [0.1, 0.15) is 31.9 Å². The fraction of sp³-hybridized carbons (Fsp3) is 0.769. The lowest BCUT2D eigenvalue weighted by molar-refractivity contribution is 0.153. The molecule has 18 heavy (non-hydrogen) atoms. The van der Waals surface area contributed by atoms with Crippen molar-refractivity contribution in [3.63, 3.8) is 0 Å². The van der Waals surface area contributed by atoms with Crippen LogP contribution >= 0.6 is 15.9 Å². The van der Waals surface area contributed by atoms with Crippen molar-refractivity contribution < 1.29 is 5.11 Å². The third kappa shape index (κ3) is 5.08. The second kappa shape index (κ2) is 7.92. The molecule has 5 heteroatoms. The van der Waals surface area contributed by atoms with Gasteiger partial charge in [0.05, 0.1) is 29.0 Å². The molecular weight excluding hydrogens is 294 g/mol. The van der Waals surface area contributed by atoms with Crippen LogP contribution in [0.2, 0.25) is 0 Å². The molecule has 0 spiro atoms. The normalized spacial score (nSPS) is 13.2. The van der Waals surface area contributed by atoms with Crippen molar-refractivity contribution in [3.8, 4) is 0 Å². The minimum Gasteiger partial charge on any atom is -0.393 e. The Kier molecular flexibility index (Phi) is 6.89. The van der Waals surface area contributed by atoms with Gasteiger partial charge in [-0.1, -0.05) is 13.3 Å². The van der Waals surface area contributed by atoms with E-state index in [1.54, 1.807) is 0 Å². The molecule has 1 unspecified atom stereocenters. The molecule has 0 aromatic carbocycles. The van der Waals surface area contributed by atoms with E-state index >= 15 is 0 Å². The van der Waals surface area contributed by atoms with Gasteiger partial charge >= 0.3 is 0 Å². The molecular formula is C13H24BrN3O. The summed E-state index contributed by atoms with van der Waals surface area (Å²) in [4.78, 5) is 2.14. The number of hydrogen-bond donors (Lipinski definition) is 1. The highest BCUT2D eigenvalue weighted by Gasteiger charge is 2.11. The average molecular weight is 318 g/mol. The first kappa shape index (κ1) is 15.7. The number of likely N-dealkylation sites (N-methyl/N-ethyl adjacent to an activating group) is 1. The minimum absolute atomic E-state index is 0.195. The van der Waals surface area contributed by atoms with Crippen molar-refractivity contribution in [1.82, 2.24) is 14.7 Å². The lowest BCUT2D eigenvalue weighted by Gasteiger charge is -2.13. The molecule has 0 aliphatic carbocycles. The van der Waals surface area contributed by atoms with E-state index in [4.69, 9.17) is 0 Å². The zero-order chi connectivity index (χ0) is 13.5. The highest BCUT2D eigenvalue weighted by atomic mass is 79.9. The second-order valence-electron chi connectivity index (χ2n) is 4.95. The standard InChI is InChI=1S/C13H24BrN3O/c1-4-5-11(18)6-7-13-12(14)10-15-17(13)9-8-16(2)3/h10-11,18H,4-9H2,1-3H3. The Bertz CT molecular complexity index is 352. The van der Waals surface area contributed by atoms with Crippen LogP contribution in [-0.2, 0) is 13.0 Å². The van der Waals surface area contributed by atoms with Gasteiger partial charge in [0.25, 0.3) is 0 Å². The summed E-state index contributed by atoms with van der Waals surface area (Å²) in [5, 5.41) is 14.2. The quantitative estimate of drug-likeness (QED) is 0.800. The van der Waals surface area contributed by atoms with E-state index in [-0.39, 0.29) is 6.10 Å². The predicted octanol–water partition coefficient (Wildman–Crippen LogP) is 2.30. The summed E-state index contributed by atoms with van der Waals surface area (Å²) in [5.41, 5.74) is 1.19. The molecule has 104 valence electrons. The lowest BCUT2D eigenvalue weighted by atomic mass is 10.1. The minimum atomic E-state index is -0.195. The van der Waals surface area contributed by atoms with Crippen LogP contribution in [0.25, 0.3) is 0 Å². The fourth-order valence-electron chi connectivity index (χ4n) is 1.90. The summed E-state index contributed by atoms with van der Waals surface area (Å²) in [6, 6.07) is 0. The Morgan fingerprint density at radius 3 is 2.78 bits per heavy atom. The molecule has 0 saturated carbocycles. The van der Waals surface area contributed by atoms with Crippen molar-refractivity contribution in [3.05, 3.63) is 16.4 Å². The SMILES string of the molecule is CCCC(O)CCc1c(Br)cnn1CCN(C)C. The number of aliphatic hydroxyl groups excluding tert-OH is 1. The first-order valence-corrected chi connectivity index (χ1v) is 7.36. The Hall–Kier alpha value is -0.390. The first-order valence-electron chi connectivity index (χ1n) is 6.57. The van der Waals surface area contributed by atoms with E-state index in [2.05, 4.69) is 46.9 Å². The molecule has 1 N–H and O–H groups in total. The molecule has 1 aromatic heterocycles. The van der Waals surface area contributed by atoms with E-state index in [0.717, 1.165) is 43.2 Å². The van der Waals surface area contributed by atoms with Gasteiger partial charge < -0.3 is 10.0 Å². The number of aromatic nitrogens is 2. The van der Waals surface area contributed by atoms with Gasteiger partial charge in [-0.15, -0.1) is 0 Å². The summed E-state index contributed by atoms with van der Waals surface area (Å²) in [7, 11) is 4.12. The van der Waals surface area contributed by atoms with E-state index in [1.807, 2.05) is 10.9 Å². The van der Waals surface area contributed by atoms with Gasteiger partial charge in [-0.05, 0) is 49.3 Å². The van der Waals surface area contributed by atoms with Crippen molar-refractivity contribution in [1.29, 1.82) is 0 Å². The molecule has 1 aromatic rings. The summed E-state index contributed by atoms with van der Waals surface area (Å²) in [6.07, 6.45) is 5.23. The van der Waals surface area contributed by atoms with Crippen LogP contribution in [0, 0.1) is 0 Å². The van der Waals surface area contributed by atoms with Crippen LogP contribution in [-0.4, -0.2) is 46.5 Å². The van der Waals surface area contributed by atoms with Gasteiger partial charge in [-0.3, -0.25) is 4.68 Å². The summed E-state index contributed by atoms with van der Waals surface area (Å²) >= 11 is 3.53.